The molecule has 0 unspecified atom stereocenters. The van der Waals surface area contributed by atoms with Gasteiger partial charge in [0.1, 0.15) is 5.82 Å². The molecule has 0 aliphatic carbocycles. The maximum absolute atomic E-state index is 12.9. The number of aromatic amines is 1. The van der Waals surface area contributed by atoms with Gasteiger partial charge in [-0.05, 0) is 55.0 Å². The van der Waals surface area contributed by atoms with E-state index in [0.717, 1.165) is 33.5 Å². The summed E-state index contributed by atoms with van der Waals surface area (Å²) in [4.78, 5) is 21.0. The first-order chi connectivity index (χ1) is 16.6. The molecule has 0 atom stereocenters. The van der Waals surface area contributed by atoms with Gasteiger partial charge in [-0.3, -0.25) is 4.79 Å². The number of methoxy groups -OCH3 is 2. The smallest absolute Gasteiger partial charge is 0.255 e. The summed E-state index contributed by atoms with van der Waals surface area (Å²) in [6.07, 6.45) is 3.93. The summed E-state index contributed by atoms with van der Waals surface area (Å²) in [6, 6.07) is 21.0. The van der Waals surface area contributed by atoms with Crippen LogP contribution in [-0.2, 0) is 0 Å². The molecule has 0 saturated heterocycles. The summed E-state index contributed by atoms with van der Waals surface area (Å²) in [5.41, 5.74) is 5.73. The normalized spacial score (nSPS) is 10.9. The van der Waals surface area contributed by atoms with E-state index in [-0.39, 0.29) is 5.91 Å². The molecule has 2 N–H and O–H groups in total. The molecular weight excluding hydrogens is 428 g/mol. The molecule has 0 saturated carbocycles. The summed E-state index contributed by atoms with van der Waals surface area (Å²) >= 11 is 0. The second-order valence-electron chi connectivity index (χ2n) is 7.93. The molecule has 0 aliphatic heterocycles. The van der Waals surface area contributed by atoms with Crippen molar-refractivity contribution >= 4 is 22.6 Å². The zero-order valence-electron chi connectivity index (χ0n) is 19.1. The largest absolute Gasteiger partial charge is 0.493 e. The highest BCUT2D eigenvalue weighted by molar-refractivity contribution is 6.05. The van der Waals surface area contributed by atoms with E-state index in [1.54, 1.807) is 14.2 Å². The Kier molecular flexibility index (Phi) is 5.51. The fraction of sp³-hybridized carbons (Fsp3) is 0.111. The number of aromatic nitrogens is 3. The number of carbonyl (C=O) groups is 1. The van der Waals surface area contributed by atoms with Gasteiger partial charge in [0.15, 0.2) is 11.5 Å². The standard InChI is InChI=1S/C27H24N4O3/c1-17-6-7-19(26-28-22-15-24(33-2)25(34-3)16-23(22)29-26)14-21(17)30-27(32)18-8-10-20(11-9-18)31-12-4-5-13-31/h4-16H,1-3H3,(H,28,29)(H,30,32). The van der Waals surface area contributed by atoms with Gasteiger partial charge in [-0.15, -0.1) is 0 Å². The molecule has 5 rings (SSSR count). The Morgan fingerprint density at radius 1 is 0.941 bits per heavy atom. The Morgan fingerprint density at radius 3 is 2.35 bits per heavy atom. The monoisotopic (exact) mass is 452 g/mol. The lowest BCUT2D eigenvalue weighted by atomic mass is 10.1. The Morgan fingerprint density at radius 2 is 1.65 bits per heavy atom. The van der Waals surface area contributed by atoms with Gasteiger partial charge in [0, 0.05) is 47.0 Å². The number of imidazole rings is 1. The second-order valence-corrected chi connectivity index (χ2v) is 7.93. The number of hydrogen-bond donors (Lipinski definition) is 2. The van der Waals surface area contributed by atoms with Crippen LogP contribution in [0.4, 0.5) is 5.69 Å². The molecule has 0 fully saturated rings. The van der Waals surface area contributed by atoms with E-state index in [4.69, 9.17) is 14.5 Å². The lowest BCUT2D eigenvalue weighted by Gasteiger charge is -2.11. The van der Waals surface area contributed by atoms with Crippen molar-refractivity contribution in [3.05, 3.63) is 90.3 Å². The molecule has 3 aromatic carbocycles. The predicted molar refractivity (Wildman–Crippen MR) is 133 cm³/mol. The van der Waals surface area contributed by atoms with Crippen LogP contribution in [0.15, 0.2) is 79.1 Å². The lowest BCUT2D eigenvalue weighted by Crippen LogP contribution is -2.13. The van der Waals surface area contributed by atoms with Crippen LogP contribution in [0, 0.1) is 6.92 Å². The fourth-order valence-electron chi connectivity index (χ4n) is 3.86. The third-order valence-electron chi connectivity index (χ3n) is 5.78. The average Bonchev–Trinajstić information content (AvgIpc) is 3.54. The summed E-state index contributed by atoms with van der Waals surface area (Å²) in [5.74, 6) is 1.77. The Hall–Kier alpha value is -4.52. The van der Waals surface area contributed by atoms with E-state index in [1.165, 1.54) is 0 Å². The molecule has 5 aromatic rings. The maximum Gasteiger partial charge on any atom is 0.255 e. The van der Waals surface area contributed by atoms with Crippen LogP contribution in [-0.4, -0.2) is 34.7 Å². The first kappa shape index (κ1) is 21.3. The summed E-state index contributed by atoms with van der Waals surface area (Å²) in [6.45, 7) is 1.96. The number of fused-ring (bicyclic) bond motifs is 1. The van der Waals surface area contributed by atoms with Gasteiger partial charge in [0.25, 0.3) is 5.91 Å². The summed E-state index contributed by atoms with van der Waals surface area (Å²) < 4.78 is 12.8. The lowest BCUT2D eigenvalue weighted by molar-refractivity contribution is 0.102. The first-order valence-corrected chi connectivity index (χ1v) is 10.8. The molecule has 34 heavy (non-hydrogen) atoms. The van der Waals surface area contributed by atoms with Crippen LogP contribution in [0.3, 0.4) is 0 Å². The number of carbonyl (C=O) groups excluding carboxylic acids is 1. The highest BCUT2D eigenvalue weighted by atomic mass is 16.5. The molecule has 2 heterocycles. The highest BCUT2D eigenvalue weighted by Crippen LogP contribution is 2.33. The van der Waals surface area contributed by atoms with Crippen LogP contribution >= 0.6 is 0 Å². The van der Waals surface area contributed by atoms with Gasteiger partial charge in [0.2, 0.25) is 0 Å². The number of amides is 1. The van der Waals surface area contributed by atoms with Crippen molar-refractivity contribution in [2.24, 2.45) is 0 Å². The molecule has 170 valence electrons. The molecular formula is C27H24N4O3. The van der Waals surface area contributed by atoms with Crippen molar-refractivity contribution in [2.45, 2.75) is 6.92 Å². The van der Waals surface area contributed by atoms with Gasteiger partial charge < -0.3 is 24.3 Å². The number of aryl methyl sites for hydroxylation is 1. The van der Waals surface area contributed by atoms with Crippen molar-refractivity contribution in [1.29, 1.82) is 0 Å². The van der Waals surface area contributed by atoms with Gasteiger partial charge in [-0.25, -0.2) is 4.98 Å². The van der Waals surface area contributed by atoms with E-state index in [2.05, 4.69) is 10.3 Å². The Labute approximate surface area is 197 Å². The van der Waals surface area contributed by atoms with Crippen molar-refractivity contribution in [1.82, 2.24) is 14.5 Å². The van der Waals surface area contributed by atoms with E-state index in [1.807, 2.05) is 90.6 Å². The summed E-state index contributed by atoms with van der Waals surface area (Å²) in [7, 11) is 3.20. The molecule has 7 nitrogen and oxygen atoms in total. The molecule has 1 amide bonds. The minimum Gasteiger partial charge on any atom is -0.493 e. The van der Waals surface area contributed by atoms with E-state index in [0.29, 0.717) is 22.9 Å². The number of ether oxygens (including phenoxy) is 2. The predicted octanol–water partition coefficient (Wildman–Crippen LogP) is 5.60. The average molecular weight is 453 g/mol. The van der Waals surface area contributed by atoms with Gasteiger partial charge in [-0.2, -0.15) is 0 Å². The van der Waals surface area contributed by atoms with E-state index in [9.17, 15) is 4.79 Å². The number of benzene rings is 3. The highest BCUT2D eigenvalue weighted by Gasteiger charge is 2.13. The van der Waals surface area contributed by atoms with Crippen molar-refractivity contribution in [2.75, 3.05) is 19.5 Å². The minimum atomic E-state index is -0.168. The Bertz CT molecular complexity index is 1430. The topological polar surface area (TPSA) is 81.2 Å². The van der Waals surface area contributed by atoms with Crippen molar-refractivity contribution < 1.29 is 14.3 Å². The van der Waals surface area contributed by atoms with Crippen molar-refractivity contribution in [3.8, 4) is 28.6 Å². The number of anilines is 1. The number of hydrogen-bond acceptors (Lipinski definition) is 4. The third-order valence-corrected chi connectivity index (χ3v) is 5.78. The molecule has 0 spiro atoms. The zero-order valence-corrected chi connectivity index (χ0v) is 19.1. The van der Waals surface area contributed by atoms with Crippen LogP contribution < -0.4 is 14.8 Å². The Balaban J connectivity index is 1.41. The minimum absolute atomic E-state index is 0.168. The van der Waals surface area contributed by atoms with E-state index >= 15 is 0 Å². The number of H-pyrrole nitrogens is 1. The third kappa shape index (κ3) is 3.99. The zero-order chi connectivity index (χ0) is 23.7. The number of rotatable bonds is 6. The van der Waals surface area contributed by atoms with Gasteiger partial charge in [-0.1, -0.05) is 12.1 Å². The fourth-order valence-corrected chi connectivity index (χ4v) is 3.86. The number of nitrogens with one attached hydrogen (secondary N) is 2. The van der Waals surface area contributed by atoms with Crippen LogP contribution in [0.2, 0.25) is 0 Å². The van der Waals surface area contributed by atoms with E-state index < -0.39 is 0 Å². The van der Waals surface area contributed by atoms with Crippen LogP contribution in [0.1, 0.15) is 15.9 Å². The quantitative estimate of drug-likeness (QED) is 0.351. The van der Waals surface area contributed by atoms with Gasteiger partial charge in [0.05, 0.1) is 25.3 Å². The molecule has 0 radical (unpaired) electrons. The second kappa shape index (κ2) is 8.78. The molecule has 0 bridgehead atoms. The summed E-state index contributed by atoms with van der Waals surface area (Å²) in [5, 5.41) is 3.03. The maximum atomic E-state index is 12.9. The number of nitrogens with zero attached hydrogens (tertiary/aromatic N) is 2. The molecule has 2 aromatic heterocycles. The molecule has 0 aliphatic rings. The van der Waals surface area contributed by atoms with Crippen LogP contribution in [0.5, 0.6) is 11.5 Å². The van der Waals surface area contributed by atoms with Gasteiger partial charge >= 0.3 is 0 Å². The van der Waals surface area contributed by atoms with Crippen LogP contribution in [0.25, 0.3) is 28.1 Å². The first-order valence-electron chi connectivity index (χ1n) is 10.8. The SMILES string of the molecule is COc1cc2nc(-c3ccc(C)c(NC(=O)c4ccc(-n5cccc5)cc4)c3)[nH]c2cc1OC. The molecule has 7 heteroatoms. The van der Waals surface area contributed by atoms with Crippen molar-refractivity contribution in [3.63, 3.8) is 0 Å².